The summed E-state index contributed by atoms with van der Waals surface area (Å²) in [4.78, 5) is 13.0. The van der Waals surface area contributed by atoms with Crippen molar-refractivity contribution in [2.45, 2.75) is 56.1 Å². The van der Waals surface area contributed by atoms with Crippen LogP contribution in [0.4, 0.5) is 11.4 Å². The smallest absolute Gasteiger partial charge is 0.293 e. The number of nitro groups is 1. The summed E-state index contributed by atoms with van der Waals surface area (Å²) in [5.74, 6) is 0.607. The van der Waals surface area contributed by atoms with E-state index in [0.29, 0.717) is 18.2 Å². The van der Waals surface area contributed by atoms with Crippen molar-refractivity contribution in [1.29, 1.82) is 0 Å². The highest BCUT2D eigenvalue weighted by Crippen LogP contribution is 2.42. The van der Waals surface area contributed by atoms with E-state index < -0.39 is 21.1 Å². The van der Waals surface area contributed by atoms with Crippen molar-refractivity contribution in [2.75, 3.05) is 18.5 Å². The van der Waals surface area contributed by atoms with Crippen LogP contribution in [0.5, 0.6) is 0 Å². The van der Waals surface area contributed by atoms with Crippen LogP contribution >= 0.6 is 0 Å². The average Bonchev–Trinajstić information content (AvgIpc) is 3.12. The summed E-state index contributed by atoms with van der Waals surface area (Å²) < 4.78 is 26.2. The molecule has 27 heavy (non-hydrogen) atoms. The SMILES string of the molecule is CNS(=O)(=O)c1ccc(N2CCC[C@@H]2[C@@H]2C[C@@H](C)CC[C@@H]2O)c([N+](=O)[O-])c1. The Bertz CT molecular complexity index is 813. The van der Waals surface area contributed by atoms with Crippen LogP contribution in [0.1, 0.15) is 39.0 Å². The molecule has 0 amide bonds. The van der Waals surface area contributed by atoms with Gasteiger partial charge in [-0.25, -0.2) is 13.1 Å². The molecule has 0 bridgehead atoms. The van der Waals surface area contributed by atoms with E-state index in [1.165, 1.54) is 19.2 Å². The van der Waals surface area contributed by atoms with Gasteiger partial charge < -0.3 is 10.0 Å². The molecule has 0 aromatic heterocycles. The molecule has 2 N–H and O–H groups in total. The minimum Gasteiger partial charge on any atom is -0.393 e. The third-order valence-corrected chi connectivity index (χ3v) is 7.36. The number of sulfonamides is 1. The molecule has 1 aliphatic carbocycles. The summed E-state index contributed by atoms with van der Waals surface area (Å²) in [5, 5.41) is 22.2. The van der Waals surface area contributed by atoms with Crippen molar-refractivity contribution in [3.8, 4) is 0 Å². The lowest BCUT2D eigenvalue weighted by molar-refractivity contribution is -0.384. The minimum absolute atomic E-state index is 0.0354. The lowest BCUT2D eigenvalue weighted by Crippen LogP contribution is -2.44. The molecule has 8 nitrogen and oxygen atoms in total. The number of aliphatic hydroxyl groups excluding tert-OH is 1. The maximum absolute atomic E-state index is 12.0. The Labute approximate surface area is 159 Å². The van der Waals surface area contributed by atoms with Crippen LogP contribution in [0, 0.1) is 22.0 Å². The van der Waals surface area contributed by atoms with Gasteiger partial charge in [0.1, 0.15) is 5.69 Å². The molecule has 4 atom stereocenters. The molecular weight excluding hydrogens is 370 g/mol. The Balaban J connectivity index is 1.98. The number of aliphatic hydroxyl groups is 1. The van der Waals surface area contributed by atoms with Crippen LogP contribution < -0.4 is 9.62 Å². The van der Waals surface area contributed by atoms with E-state index in [-0.39, 0.29) is 22.5 Å². The highest BCUT2D eigenvalue weighted by atomic mass is 32.2. The van der Waals surface area contributed by atoms with E-state index in [2.05, 4.69) is 11.6 Å². The number of hydrogen-bond donors (Lipinski definition) is 2. The van der Waals surface area contributed by atoms with Gasteiger partial charge in [-0.1, -0.05) is 6.92 Å². The van der Waals surface area contributed by atoms with Gasteiger partial charge in [0.25, 0.3) is 5.69 Å². The third-order valence-electron chi connectivity index (χ3n) is 5.95. The minimum atomic E-state index is -3.76. The molecular formula is C18H27N3O5S. The second-order valence-electron chi connectivity index (χ2n) is 7.67. The van der Waals surface area contributed by atoms with Gasteiger partial charge in [-0.05, 0) is 57.2 Å². The van der Waals surface area contributed by atoms with Crippen molar-refractivity contribution in [3.05, 3.63) is 28.3 Å². The van der Waals surface area contributed by atoms with E-state index in [1.54, 1.807) is 0 Å². The topological polar surface area (TPSA) is 113 Å². The van der Waals surface area contributed by atoms with Crippen molar-refractivity contribution in [2.24, 2.45) is 11.8 Å². The molecule has 0 radical (unpaired) electrons. The van der Waals surface area contributed by atoms with E-state index in [1.807, 2.05) is 4.90 Å². The summed E-state index contributed by atoms with van der Waals surface area (Å²) in [7, 11) is -2.48. The zero-order valence-electron chi connectivity index (χ0n) is 15.7. The molecule has 1 aromatic rings. The number of nitrogens with zero attached hydrogens (tertiary/aromatic N) is 2. The first kappa shape index (κ1) is 20.0. The maximum atomic E-state index is 12.0. The normalized spacial score (nSPS) is 29.1. The van der Waals surface area contributed by atoms with Crippen LogP contribution in [-0.4, -0.2) is 44.2 Å². The van der Waals surface area contributed by atoms with Crippen LogP contribution in [0.25, 0.3) is 0 Å². The predicted molar refractivity (Wildman–Crippen MR) is 102 cm³/mol. The van der Waals surface area contributed by atoms with Gasteiger partial charge in [0, 0.05) is 24.6 Å². The Kier molecular flexibility index (Phi) is 5.73. The molecule has 1 aliphatic heterocycles. The van der Waals surface area contributed by atoms with Crippen LogP contribution in [-0.2, 0) is 10.0 Å². The number of rotatable bonds is 5. The molecule has 1 saturated heterocycles. The molecule has 0 unspecified atom stereocenters. The molecule has 1 heterocycles. The molecule has 150 valence electrons. The van der Waals surface area contributed by atoms with Crippen molar-refractivity contribution in [3.63, 3.8) is 0 Å². The number of nitro benzene ring substituents is 1. The zero-order valence-corrected chi connectivity index (χ0v) is 16.5. The van der Waals surface area contributed by atoms with Crippen LogP contribution in [0.3, 0.4) is 0 Å². The quantitative estimate of drug-likeness (QED) is 0.582. The monoisotopic (exact) mass is 397 g/mol. The maximum Gasteiger partial charge on any atom is 0.293 e. The summed E-state index contributed by atoms with van der Waals surface area (Å²) in [5.41, 5.74) is 0.222. The number of benzene rings is 1. The summed E-state index contributed by atoms with van der Waals surface area (Å²) in [6, 6.07) is 4.09. The Morgan fingerprint density at radius 1 is 1.30 bits per heavy atom. The summed E-state index contributed by atoms with van der Waals surface area (Å²) in [6.45, 7) is 2.85. The van der Waals surface area contributed by atoms with E-state index in [9.17, 15) is 23.6 Å². The lowest BCUT2D eigenvalue weighted by Gasteiger charge is -2.40. The van der Waals surface area contributed by atoms with Gasteiger partial charge in [-0.2, -0.15) is 0 Å². The summed E-state index contributed by atoms with van der Waals surface area (Å²) in [6.07, 6.45) is 4.05. The Morgan fingerprint density at radius 3 is 2.70 bits per heavy atom. The van der Waals surface area contributed by atoms with Crippen molar-refractivity contribution < 1.29 is 18.4 Å². The third kappa shape index (κ3) is 3.95. The first-order chi connectivity index (χ1) is 12.7. The van der Waals surface area contributed by atoms with Crippen LogP contribution in [0.15, 0.2) is 23.1 Å². The lowest BCUT2D eigenvalue weighted by atomic mass is 9.76. The van der Waals surface area contributed by atoms with Crippen molar-refractivity contribution in [1.82, 2.24) is 4.72 Å². The number of nitrogens with one attached hydrogen (secondary N) is 1. The highest BCUT2D eigenvalue weighted by molar-refractivity contribution is 7.89. The molecule has 1 aromatic carbocycles. The standard InChI is InChI=1S/C18H27N3O5S/c1-12-5-8-18(22)14(10-12)15-4-3-9-20(15)16-7-6-13(27(25,26)19-2)11-17(16)21(23)24/h6-7,11-12,14-15,18-19,22H,3-5,8-10H2,1-2H3/t12-,14-,15+,18-/m0/s1. The van der Waals surface area contributed by atoms with E-state index in [4.69, 9.17) is 0 Å². The number of hydrogen-bond acceptors (Lipinski definition) is 6. The van der Waals surface area contributed by atoms with Crippen LogP contribution in [0.2, 0.25) is 0 Å². The Hall–Kier alpha value is -1.71. The second-order valence-corrected chi connectivity index (χ2v) is 9.55. The molecule has 3 rings (SSSR count). The van der Waals surface area contributed by atoms with Crippen molar-refractivity contribution >= 4 is 21.4 Å². The average molecular weight is 397 g/mol. The second kappa shape index (κ2) is 7.73. The first-order valence-corrected chi connectivity index (χ1v) is 10.9. The fourth-order valence-electron chi connectivity index (χ4n) is 4.54. The van der Waals surface area contributed by atoms with Gasteiger partial charge >= 0.3 is 0 Å². The zero-order chi connectivity index (χ0) is 19.8. The first-order valence-electron chi connectivity index (χ1n) is 9.41. The fourth-order valence-corrected chi connectivity index (χ4v) is 5.29. The van der Waals surface area contributed by atoms with Gasteiger partial charge in [-0.15, -0.1) is 0 Å². The van der Waals surface area contributed by atoms with E-state index in [0.717, 1.165) is 38.2 Å². The fraction of sp³-hybridized carbons (Fsp3) is 0.667. The van der Waals surface area contributed by atoms with Gasteiger partial charge in [0.2, 0.25) is 10.0 Å². The predicted octanol–water partition coefficient (Wildman–Crippen LogP) is 2.27. The Morgan fingerprint density at radius 2 is 2.04 bits per heavy atom. The van der Waals surface area contributed by atoms with Gasteiger partial charge in [-0.3, -0.25) is 10.1 Å². The van der Waals surface area contributed by atoms with Gasteiger partial charge in [0.05, 0.1) is 15.9 Å². The summed E-state index contributed by atoms with van der Waals surface area (Å²) >= 11 is 0. The molecule has 2 aliphatic rings. The molecule has 9 heteroatoms. The molecule has 0 spiro atoms. The highest BCUT2D eigenvalue weighted by Gasteiger charge is 2.40. The van der Waals surface area contributed by atoms with E-state index >= 15 is 0 Å². The number of anilines is 1. The van der Waals surface area contributed by atoms with Gasteiger partial charge in [0.15, 0.2) is 0 Å². The molecule has 1 saturated carbocycles. The molecule has 2 fully saturated rings. The largest absolute Gasteiger partial charge is 0.393 e.